The van der Waals surface area contributed by atoms with E-state index in [2.05, 4.69) is 6.92 Å². The first-order valence-corrected chi connectivity index (χ1v) is 11.0. The van der Waals surface area contributed by atoms with Crippen molar-refractivity contribution in [1.82, 2.24) is 4.90 Å². The third-order valence-corrected chi connectivity index (χ3v) is 5.76. The molecule has 0 saturated carbocycles. The van der Waals surface area contributed by atoms with E-state index in [0.29, 0.717) is 40.3 Å². The number of amides is 1. The summed E-state index contributed by atoms with van der Waals surface area (Å²) in [6.45, 7) is 3.12. The summed E-state index contributed by atoms with van der Waals surface area (Å²) in [5, 5.41) is 8.75. The van der Waals surface area contributed by atoms with E-state index in [4.69, 9.17) is 26.8 Å². The molecule has 0 unspecified atom stereocenters. The van der Waals surface area contributed by atoms with Gasteiger partial charge in [0, 0.05) is 13.0 Å². The fourth-order valence-corrected chi connectivity index (χ4v) is 4.15. The second kappa shape index (κ2) is 11.8. The number of nitrogens with zero attached hydrogens (tertiary/aromatic N) is 1. The summed E-state index contributed by atoms with van der Waals surface area (Å²) in [5.74, 6) is 0.222. The van der Waals surface area contributed by atoms with Crippen LogP contribution in [-0.2, 0) is 9.59 Å². The fraction of sp³-hybridized carbons (Fsp3) is 0.476. The number of ether oxygens (including phenoxy) is 2. The van der Waals surface area contributed by atoms with Crippen LogP contribution in [0.1, 0.15) is 51.0 Å². The summed E-state index contributed by atoms with van der Waals surface area (Å²) in [5.41, 5.74) is 0.811. The highest BCUT2D eigenvalue weighted by Crippen LogP contribution is 2.35. The number of carboxylic acids is 1. The van der Waals surface area contributed by atoms with Crippen LogP contribution in [0.5, 0.6) is 11.5 Å². The van der Waals surface area contributed by atoms with Crippen LogP contribution in [0.15, 0.2) is 23.1 Å². The topological polar surface area (TPSA) is 76.1 Å². The number of aliphatic carboxylic acids is 1. The molecule has 0 aromatic heterocycles. The first kappa shape index (κ1) is 23.2. The van der Waals surface area contributed by atoms with E-state index in [1.807, 2.05) is 18.2 Å². The third-order valence-electron chi connectivity index (χ3n) is 4.39. The molecule has 1 aliphatic rings. The molecule has 1 aromatic rings. The third kappa shape index (κ3) is 7.04. The van der Waals surface area contributed by atoms with Crippen molar-refractivity contribution in [3.63, 3.8) is 0 Å². The van der Waals surface area contributed by atoms with Gasteiger partial charge < -0.3 is 14.6 Å². The molecule has 1 heterocycles. The molecule has 2 rings (SSSR count). The molecule has 0 radical (unpaired) electrons. The molecule has 158 valence electrons. The largest absolute Gasteiger partial charge is 0.493 e. The summed E-state index contributed by atoms with van der Waals surface area (Å²) < 4.78 is 11.7. The van der Waals surface area contributed by atoms with Crippen LogP contribution in [-0.4, -0.2) is 46.5 Å². The van der Waals surface area contributed by atoms with Crippen molar-refractivity contribution in [3.05, 3.63) is 28.7 Å². The average molecular weight is 438 g/mol. The van der Waals surface area contributed by atoms with Gasteiger partial charge in [0.05, 0.1) is 18.6 Å². The maximum absolute atomic E-state index is 12.6. The molecule has 1 saturated heterocycles. The smallest absolute Gasteiger partial charge is 0.303 e. The normalized spacial score (nSPS) is 15.2. The minimum Gasteiger partial charge on any atom is -0.493 e. The van der Waals surface area contributed by atoms with Crippen LogP contribution in [0.2, 0.25) is 0 Å². The number of carbonyl (C=O) groups excluding carboxylic acids is 1. The Bertz CT molecular complexity index is 778. The van der Waals surface area contributed by atoms with Crippen molar-refractivity contribution in [2.24, 2.45) is 0 Å². The van der Waals surface area contributed by atoms with Crippen molar-refractivity contribution in [2.45, 2.75) is 45.4 Å². The molecule has 29 heavy (non-hydrogen) atoms. The molecule has 8 heteroatoms. The summed E-state index contributed by atoms with van der Waals surface area (Å²) >= 11 is 6.50. The lowest BCUT2D eigenvalue weighted by Crippen LogP contribution is -2.29. The molecule has 1 fully saturated rings. The highest BCUT2D eigenvalue weighted by Gasteiger charge is 2.31. The van der Waals surface area contributed by atoms with Gasteiger partial charge in [0.25, 0.3) is 5.91 Å². The van der Waals surface area contributed by atoms with Gasteiger partial charge in [-0.1, -0.05) is 56.2 Å². The maximum Gasteiger partial charge on any atom is 0.303 e. The van der Waals surface area contributed by atoms with Crippen LogP contribution in [0.3, 0.4) is 0 Å². The van der Waals surface area contributed by atoms with Crippen LogP contribution >= 0.6 is 24.0 Å². The Morgan fingerprint density at radius 3 is 2.72 bits per heavy atom. The van der Waals surface area contributed by atoms with Gasteiger partial charge in [0.15, 0.2) is 11.5 Å². The number of unbranched alkanes of at least 4 members (excludes halogenated alkanes) is 3. The second-order valence-corrected chi connectivity index (χ2v) is 8.33. The van der Waals surface area contributed by atoms with E-state index in [0.717, 1.165) is 18.4 Å². The van der Waals surface area contributed by atoms with Crippen LogP contribution in [0, 0.1) is 0 Å². The lowest BCUT2D eigenvalue weighted by molar-refractivity contribution is -0.137. The predicted molar refractivity (Wildman–Crippen MR) is 119 cm³/mol. The molecular formula is C21H27NO5S2. The van der Waals surface area contributed by atoms with Crippen molar-refractivity contribution >= 4 is 46.3 Å². The first-order valence-electron chi connectivity index (χ1n) is 9.74. The molecule has 1 aliphatic heterocycles. The van der Waals surface area contributed by atoms with E-state index < -0.39 is 5.97 Å². The van der Waals surface area contributed by atoms with Crippen LogP contribution in [0.25, 0.3) is 6.08 Å². The Morgan fingerprint density at radius 2 is 2.03 bits per heavy atom. The zero-order valence-electron chi connectivity index (χ0n) is 16.8. The van der Waals surface area contributed by atoms with Crippen molar-refractivity contribution in [2.75, 3.05) is 20.3 Å². The molecule has 0 bridgehead atoms. The van der Waals surface area contributed by atoms with E-state index in [1.54, 1.807) is 13.2 Å². The number of carboxylic acid groups (broad SMARTS) is 1. The Balaban J connectivity index is 2.02. The Labute approximate surface area is 181 Å². The van der Waals surface area contributed by atoms with Gasteiger partial charge in [0.2, 0.25) is 0 Å². The Kier molecular flexibility index (Phi) is 9.47. The minimum atomic E-state index is -0.884. The molecule has 0 atom stereocenters. The monoisotopic (exact) mass is 437 g/mol. The Hall–Kier alpha value is -2.06. The molecule has 0 spiro atoms. The van der Waals surface area contributed by atoms with Crippen molar-refractivity contribution in [1.29, 1.82) is 0 Å². The van der Waals surface area contributed by atoms with Gasteiger partial charge >= 0.3 is 5.97 Å². The number of methoxy groups -OCH3 is 1. The van der Waals surface area contributed by atoms with E-state index in [9.17, 15) is 9.59 Å². The average Bonchev–Trinajstić information content (AvgIpc) is 2.95. The number of benzene rings is 1. The van der Waals surface area contributed by atoms with Crippen LogP contribution in [0.4, 0.5) is 0 Å². The summed E-state index contributed by atoms with van der Waals surface area (Å²) in [7, 11) is 1.59. The molecule has 1 aromatic carbocycles. The van der Waals surface area contributed by atoms with E-state index in [-0.39, 0.29) is 12.3 Å². The SMILES string of the molecule is CCCCCCOc1ccc(/C=C2\SC(=S)N(CCCC(=O)O)C2=O)cc1OC. The molecule has 1 N–H and O–H groups in total. The highest BCUT2D eigenvalue weighted by atomic mass is 32.2. The minimum absolute atomic E-state index is 0.00716. The highest BCUT2D eigenvalue weighted by molar-refractivity contribution is 8.26. The number of carbonyl (C=O) groups is 2. The Morgan fingerprint density at radius 1 is 1.24 bits per heavy atom. The van der Waals surface area contributed by atoms with Gasteiger partial charge in [0.1, 0.15) is 4.32 Å². The maximum atomic E-state index is 12.6. The van der Waals surface area contributed by atoms with Crippen molar-refractivity contribution in [3.8, 4) is 11.5 Å². The summed E-state index contributed by atoms with van der Waals surface area (Å²) in [6, 6.07) is 5.55. The van der Waals surface area contributed by atoms with Gasteiger partial charge in [-0.2, -0.15) is 0 Å². The lowest BCUT2D eigenvalue weighted by atomic mass is 10.1. The number of hydrogen-bond acceptors (Lipinski definition) is 6. The van der Waals surface area contributed by atoms with E-state index in [1.165, 1.54) is 29.5 Å². The summed E-state index contributed by atoms with van der Waals surface area (Å²) in [6.07, 6.45) is 6.68. The second-order valence-electron chi connectivity index (χ2n) is 6.65. The standard InChI is InChI=1S/C21H27NO5S2/c1-3-4-5-6-12-27-16-10-9-15(13-17(16)26-2)14-18-20(25)22(21(28)29-18)11-7-8-19(23)24/h9-10,13-14H,3-8,11-12H2,1-2H3,(H,23,24)/b18-14-. The zero-order valence-corrected chi connectivity index (χ0v) is 18.4. The van der Waals surface area contributed by atoms with Gasteiger partial charge in [-0.3, -0.25) is 14.5 Å². The zero-order chi connectivity index (χ0) is 21.2. The number of rotatable bonds is 12. The van der Waals surface area contributed by atoms with Crippen molar-refractivity contribution < 1.29 is 24.2 Å². The molecule has 0 aliphatic carbocycles. The predicted octanol–water partition coefficient (Wildman–Crippen LogP) is 4.72. The summed E-state index contributed by atoms with van der Waals surface area (Å²) in [4.78, 5) is 25.2. The van der Waals surface area contributed by atoms with Crippen LogP contribution < -0.4 is 9.47 Å². The lowest BCUT2D eigenvalue weighted by Gasteiger charge is -2.13. The van der Waals surface area contributed by atoms with E-state index >= 15 is 0 Å². The number of thiocarbonyl (C=S) groups is 1. The molecule has 1 amide bonds. The van der Waals surface area contributed by atoms with Gasteiger partial charge in [-0.05, 0) is 36.6 Å². The van der Waals surface area contributed by atoms with Gasteiger partial charge in [-0.25, -0.2) is 0 Å². The number of hydrogen-bond donors (Lipinski definition) is 1. The molecule has 6 nitrogen and oxygen atoms in total. The quantitative estimate of drug-likeness (QED) is 0.288. The van der Waals surface area contributed by atoms with Gasteiger partial charge in [-0.15, -0.1) is 0 Å². The fourth-order valence-electron chi connectivity index (χ4n) is 2.84. The first-order chi connectivity index (χ1) is 14.0. The molecular weight excluding hydrogens is 410 g/mol. The number of thioether (sulfide) groups is 1.